The van der Waals surface area contributed by atoms with Crippen molar-refractivity contribution >= 4 is 50.7 Å². The molecule has 4 aromatic rings. The van der Waals surface area contributed by atoms with Crippen LogP contribution < -0.4 is 9.62 Å². The Morgan fingerprint density at radius 1 is 0.870 bits per heavy atom. The number of amides is 2. The highest BCUT2D eigenvalue weighted by Crippen LogP contribution is 2.27. The van der Waals surface area contributed by atoms with E-state index in [0.717, 1.165) is 27.6 Å². The maximum atomic E-state index is 14.5. The molecule has 0 aliphatic carbocycles. The van der Waals surface area contributed by atoms with Crippen LogP contribution in [0.15, 0.2) is 102 Å². The molecule has 0 spiro atoms. The molecule has 4 rings (SSSR count). The van der Waals surface area contributed by atoms with Gasteiger partial charge in [0, 0.05) is 19.0 Å². The van der Waals surface area contributed by atoms with E-state index in [0.29, 0.717) is 17.0 Å². The normalized spacial score (nSPS) is 12.7. The van der Waals surface area contributed by atoms with Gasteiger partial charge in [0.1, 0.15) is 18.4 Å². The summed E-state index contributed by atoms with van der Waals surface area (Å²) in [5.74, 6) is -1.60. The fourth-order valence-electron chi connectivity index (χ4n) is 4.80. The van der Waals surface area contributed by atoms with Crippen LogP contribution in [0.2, 0.25) is 10.0 Å². The lowest BCUT2D eigenvalue weighted by Crippen LogP contribution is -2.54. The minimum atomic E-state index is -4.30. The molecule has 1 N–H and O–H groups in total. The predicted molar refractivity (Wildman–Crippen MR) is 181 cm³/mol. The SMILES string of the molecule is CC[C@H](C)NC(=O)[C@@H](Cc1ccccc1)N(Cc1ccc(Cl)c(Cl)c1)C(=O)CN(c1ccc(F)cc1)S(=O)(=O)c1ccc(C)cc1. The molecule has 46 heavy (non-hydrogen) atoms. The lowest BCUT2D eigenvalue weighted by molar-refractivity contribution is -0.140. The number of benzene rings is 4. The third-order valence-electron chi connectivity index (χ3n) is 7.61. The van der Waals surface area contributed by atoms with Gasteiger partial charge in [-0.25, -0.2) is 12.8 Å². The first-order valence-corrected chi connectivity index (χ1v) is 17.0. The van der Waals surface area contributed by atoms with Crippen molar-refractivity contribution in [2.45, 2.75) is 57.1 Å². The Kier molecular flexibility index (Phi) is 11.8. The van der Waals surface area contributed by atoms with E-state index >= 15 is 0 Å². The first-order chi connectivity index (χ1) is 21.9. The van der Waals surface area contributed by atoms with E-state index in [-0.39, 0.29) is 40.5 Å². The number of sulfonamides is 1. The Morgan fingerprint density at radius 3 is 2.13 bits per heavy atom. The third kappa shape index (κ3) is 8.87. The van der Waals surface area contributed by atoms with Crippen LogP contribution in [0.1, 0.15) is 37.0 Å². The van der Waals surface area contributed by atoms with Gasteiger partial charge in [0.2, 0.25) is 11.8 Å². The smallest absolute Gasteiger partial charge is 0.264 e. The van der Waals surface area contributed by atoms with Crippen molar-refractivity contribution in [3.8, 4) is 0 Å². The number of carbonyl (C=O) groups excluding carboxylic acids is 2. The molecule has 0 aliphatic rings. The molecule has 242 valence electrons. The van der Waals surface area contributed by atoms with E-state index < -0.39 is 34.3 Å². The fourth-order valence-corrected chi connectivity index (χ4v) is 6.54. The average molecular weight is 685 g/mol. The molecule has 11 heteroatoms. The predicted octanol–water partition coefficient (Wildman–Crippen LogP) is 7.19. The molecule has 0 fully saturated rings. The van der Waals surface area contributed by atoms with Crippen LogP contribution in [0, 0.1) is 12.7 Å². The number of nitrogens with one attached hydrogen (secondary N) is 1. The van der Waals surface area contributed by atoms with Gasteiger partial charge in [-0.05, 0) is 79.9 Å². The molecular weight excluding hydrogens is 648 g/mol. The second-order valence-corrected chi connectivity index (χ2v) is 13.8. The van der Waals surface area contributed by atoms with Crippen LogP contribution >= 0.6 is 23.2 Å². The van der Waals surface area contributed by atoms with Gasteiger partial charge in [-0.3, -0.25) is 13.9 Å². The van der Waals surface area contributed by atoms with Crippen LogP contribution in [0.5, 0.6) is 0 Å². The molecule has 0 aromatic heterocycles. The van der Waals surface area contributed by atoms with Gasteiger partial charge in [0.25, 0.3) is 10.0 Å². The van der Waals surface area contributed by atoms with E-state index in [4.69, 9.17) is 23.2 Å². The summed E-state index contributed by atoms with van der Waals surface area (Å²) >= 11 is 12.5. The van der Waals surface area contributed by atoms with Crippen molar-refractivity contribution in [3.63, 3.8) is 0 Å². The Morgan fingerprint density at radius 2 is 1.52 bits per heavy atom. The van der Waals surface area contributed by atoms with E-state index in [2.05, 4.69) is 5.32 Å². The summed E-state index contributed by atoms with van der Waals surface area (Å²) in [7, 11) is -4.30. The van der Waals surface area contributed by atoms with Crippen LogP contribution in [0.25, 0.3) is 0 Å². The van der Waals surface area contributed by atoms with Gasteiger partial charge < -0.3 is 10.2 Å². The lowest BCUT2D eigenvalue weighted by Gasteiger charge is -2.34. The number of anilines is 1. The second-order valence-electron chi connectivity index (χ2n) is 11.1. The fraction of sp³-hybridized carbons (Fsp3) is 0.257. The summed E-state index contributed by atoms with van der Waals surface area (Å²) in [4.78, 5) is 29.7. The molecule has 7 nitrogen and oxygen atoms in total. The Balaban J connectivity index is 1.82. The van der Waals surface area contributed by atoms with Gasteiger partial charge in [0.15, 0.2) is 0 Å². The van der Waals surface area contributed by atoms with Crippen molar-refractivity contribution < 1.29 is 22.4 Å². The van der Waals surface area contributed by atoms with Gasteiger partial charge in [0.05, 0.1) is 20.6 Å². The number of hydrogen-bond acceptors (Lipinski definition) is 4. The first-order valence-electron chi connectivity index (χ1n) is 14.8. The number of aryl methyl sites for hydroxylation is 1. The summed E-state index contributed by atoms with van der Waals surface area (Å²) < 4.78 is 43.0. The average Bonchev–Trinajstić information content (AvgIpc) is 3.04. The maximum Gasteiger partial charge on any atom is 0.264 e. The molecule has 0 saturated carbocycles. The molecule has 0 aliphatic heterocycles. The highest BCUT2D eigenvalue weighted by atomic mass is 35.5. The van der Waals surface area contributed by atoms with Crippen LogP contribution in [-0.2, 0) is 32.6 Å². The molecule has 0 bridgehead atoms. The number of hydrogen-bond donors (Lipinski definition) is 1. The standard InChI is InChI=1S/C35H36Cl2FN3O4S/c1-4-25(3)39-35(43)33(21-26-8-6-5-7-9-26)40(22-27-12-19-31(36)32(37)20-27)34(42)23-41(29-15-13-28(38)14-16-29)46(44,45)30-17-10-24(2)11-18-30/h5-20,25,33H,4,21-23H2,1-3H3,(H,39,43)/t25-,33+/m0/s1. The summed E-state index contributed by atoms with van der Waals surface area (Å²) in [5, 5.41) is 3.58. The molecule has 2 amide bonds. The Labute approximate surface area is 280 Å². The maximum absolute atomic E-state index is 14.5. The molecular formula is C35H36Cl2FN3O4S. The summed E-state index contributed by atoms with van der Waals surface area (Å²) in [6, 6.07) is 24.0. The van der Waals surface area contributed by atoms with Gasteiger partial charge in [-0.2, -0.15) is 0 Å². The van der Waals surface area contributed by atoms with Crippen molar-refractivity contribution in [2.75, 3.05) is 10.8 Å². The van der Waals surface area contributed by atoms with Gasteiger partial charge in [-0.1, -0.05) is 84.2 Å². The molecule has 0 radical (unpaired) electrons. The Hall–Kier alpha value is -3.92. The minimum Gasteiger partial charge on any atom is -0.352 e. The zero-order valence-electron chi connectivity index (χ0n) is 25.8. The summed E-state index contributed by atoms with van der Waals surface area (Å²) in [5.41, 5.74) is 2.34. The monoisotopic (exact) mass is 683 g/mol. The molecule has 4 aromatic carbocycles. The number of rotatable bonds is 13. The number of halogens is 3. The van der Waals surface area contributed by atoms with Gasteiger partial charge >= 0.3 is 0 Å². The van der Waals surface area contributed by atoms with Crippen LogP contribution in [0.4, 0.5) is 10.1 Å². The third-order valence-corrected chi connectivity index (χ3v) is 10.1. The highest BCUT2D eigenvalue weighted by molar-refractivity contribution is 7.92. The molecule has 0 unspecified atom stereocenters. The number of carbonyl (C=O) groups is 2. The number of nitrogens with zero attached hydrogens (tertiary/aromatic N) is 2. The highest BCUT2D eigenvalue weighted by Gasteiger charge is 2.35. The van der Waals surface area contributed by atoms with Crippen molar-refractivity contribution in [1.82, 2.24) is 10.2 Å². The van der Waals surface area contributed by atoms with E-state index in [1.165, 1.54) is 29.2 Å². The van der Waals surface area contributed by atoms with Crippen molar-refractivity contribution in [2.24, 2.45) is 0 Å². The Bertz CT molecular complexity index is 1760. The van der Waals surface area contributed by atoms with Crippen LogP contribution in [-0.4, -0.2) is 43.8 Å². The summed E-state index contributed by atoms with van der Waals surface area (Å²) in [6.45, 7) is 4.91. The first kappa shape index (κ1) is 34.9. The van der Waals surface area contributed by atoms with E-state index in [9.17, 15) is 22.4 Å². The quantitative estimate of drug-likeness (QED) is 0.162. The van der Waals surface area contributed by atoms with E-state index in [1.54, 1.807) is 30.3 Å². The van der Waals surface area contributed by atoms with E-state index in [1.807, 2.05) is 51.1 Å². The molecule has 0 heterocycles. The topological polar surface area (TPSA) is 86.8 Å². The molecule has 0 saturated heterocycles. The van der Waals surface area contributed by atoms with Crippen LogP contribution in [0.3, 0.4) is 0 Å². The van der Waals surface area contributed by atoms with Gasteiger partial charge in [-0.15, -0.1) is 0 Å². The van der Waals surface area contributed by atoms with Crippen molar-refractivity contribution in [1.29, 1.82) is 0 Å². The summed E-state index contributed by atoms with van der Waals surface area (Å²) in [6.07, 6.45) is 0.828. The largest absolute Gasteiger partial charge is 0.352 e. The zero-order chi connectivity index (χ0) is 33.4. The lowest BCUT2D eigenvalue weighted by atomic mass is 10.0. The molecule has 2 atom stereocenters. The van der Waals surface area contributed by atoms with Crippen molar-refractivity contribution in [3.05, 3.63) is 130 Å². The minimum absolute atomic E-state index is 0.0402. The second kappa shape index (κ2) is 15.6. The zero-order valence-corrected chi connectivity index (χ0v) is 28.1.